The molecule has 0 aromatic carbocycles. The molecule has 1 aromatic rings. The van der Waals surface area contributed by atoms with Crippen molar-refractivity contribution < 1.29 is 9.90 Å². The number of β-amino-alcohol motifs (C(OH)–C–C–N with tert-alkyl or cyclic N) is 1. The molecule has 0 unspecified atom stereocenters. The number of hydrogen-bond donors (Lipinski definition) is 1. The Morgan fingerprint density at radius 2 is 1.95 bits per heavy atom. The van der Waals surface area contributed by atoms with Gasteiger partial charge in [-0.25, -0.2) is 4.98 Å². The van der Waals surface area contributed by atoms with Crippen LogP contribution in [0.15, 0.2) is 0 Å². The lowest BCUT2D eigenvalue weighted by atomic mass is 10.1. The molecule has 1 fully saturated rings. The third kappa shape index (κ3) is 3.02. The fraction of sp³-hybridized carbons (Fsp3) is 0.714. The van der Waals surface area contributed by atoms with Crippen molar-refractivity contribution in [1.29, 1.82) is 0 Å². The van der Waals surface area contributed by atoms with E-state index in [0.29, 0.717) is 24.6 Å². The van der Waals surface area contributed by atoms with Crippen molar-refractivity contribution in [2.45, 2.75) is 39.8 Å². The van der Waals surface area contributed by atoms with Crippen LogP contribution >= 0.6 is 11.3 Å². The average molecular weight is 297 g/mol. The number of aromatic nitrogens is 1. The van der Waals surface area contributed by atoms with E-state index in [4.69, 9.17) is 5.11 Å². The van der Waals surface area contributed by atoms with Crippen LogP contribution in [-0.4, -0.2) is 64.1 Å². The number of carbonyl (C=O) groups excluding carboxylic acids is 1. The first-order valence-electron chi connectivity index (χ1n) is 7.04. The fourth-order valence-electron chi connectivity index (χ4n) is 2.78. The van der Waals surface area contributed by atoms with Gasteiger partial charge in [0.25, 0.3) is 5.91 Å². The van der Waals surface area contributed by atoms with E-state index in [0.717, 1.165) is 10.6 Å². The van der Waals surface area contributed by atoms with E-state index in [1.54, 1.807) is 0 Å². The number of aliphatic hydroxyl groups excluding tert-OH is 1. The molecule has 0 aliphatic carbocycles. The van der Waals surface area contributed by atoms with Gasteiger partial charge in [-0.15, -0.1) is 11.3 Å². The molecule has 1 N–H and O–H groups in total. The van der Waals surface area contributed by atoms with Crippen LogP contribution in [0.25, 0.3) is 0 Å². The molecule has 1 amide bonds. The highest BCUT2D eigenvalue weighted by atomic mass is 32.1. The maximum atomic E-state index is 12.5. The summed E-state index contributed by atoms with van der Waals surface area (Å²) in [4.78, 5) is 22.1. The van der Waals surface area contributed by atoms with Crippen LogP contribution in [0.4, 0.5) is 0 Å². The second-order valence-corrected chi connectivity index (χ2v) is 6.73. The molecular weight excluding hydrogens is 274 g/mol. The molecule has 2 heterocycles. The smallest absolute Gasteiger partial charge is 0.282 e. The summed E-state index contributed by atoms with van der Waals surface area (Å²) in [7, 11) is 0. The van der Waals surface area contributed by atoms with Crippen molar-refractivity contribution in [1.82, 2.24) is 14.8 Å². The minimum atomic E-state index is 0.0357. The van der Waals surface area contributed by atoms with Gasteiger partial charge < -0.3 is 10.0 Å². The highest BCUT2D eigenvalue weighted by Crippen LogP contribution is 2.21. The largest absolute Gasteiger partial charge is 0.395 e. The van der Waals surface area contributed by atoms with Crippen molar-refractivity contribution in [2.24, 2.45) is 0 Å². The molecular formula is C14H23N3O2S. The van der Waals surface area contributed by atoms with E-state index in [1.807, 2.05) is 18.7 Å². The molecule has 1 aliphatic heterocycles. The predicted octanol–water partition coefficient (Wildman–Crippen LogP) is 1.29. The van der Waals surface area contributed by atoms with E-state index >= 15 is 0 Å². The van der Waals surface area contributed by atoms with Crippen molar-refractivity contribution in [2.75, 3.05) is 26.2 Å². The summed E-state index contributed by atoms with van der Waals surface area (Å²) in [6, 6.07) is 0.522. The van der Waals surface area contributed by atoms with Crippen LogP contribution in [0.5, 0.6) is 0 Å². The molecule has 0 spiro atoms. The second-order valence-electron chi connectivity index (χ2n) is 5.53. The van der Waals surface area contributed by atoms with Crippen LogP contribution in [0, 0.1) is 13.8 Å². The zero-order valence-corrected chi connectivity index (χ0v) is 13.4. The number of nitrogens with zero attached hydrogens (tertiary/aromatic N) is 3. The zero-order valence-electron chi connectivity index (χ0n) is 12.6. The standard InChI is InChI=1S/C14H23N3O2S/c1-9-7-16(8-10(2)17(9)5-6-18)14(19)13-15-11(3)12(4)20-13/h9-10,18H,5-8H2,1-4H3/t9-,10+. The third-order valence-electron chi connectivity index (χ3n) is 3.96. The number of aryl methyl sites for hydroxylation is 2. The van der Waals surface area contributed by atoms with E-state index < -0.39 is 0 Å². The summed E-state index contributed by atoms with van der Waals surface area (Å²) in [5.74, 6) is 0.0357. The van der Waals surface area contributed by atoms with Crippen LogP contribution in [0.1, 0.15) is 34.2 Å². The Kier molecular flexibility index (Phi) is 4.78. The maximum Gasteiger partial charge on any atom is 0.282 e. The molecule has 5 nitrogen and oxygen atoms in total. The topological polar surface area (TPSA) is 56.7 Å². The maximum absolute atomic E-state index is 12.5. The van der Waals surface area contributed by atoms with Crippen LogP contribution in [0.2, 0.25) is 0 Å². The number of hydrogen-bond acceptors (Lipinski definition) is 5. The minimum Gasteiger partial charge on any atom is -0.395 e. The van der Waals surface area contributed by atoms with Crippen molar-refractivity contribution in [3.63, 3.8) is 0 Å². The normalized spacial score (nSPS) is 24.1. The Morgan fingerprint density at radius 1 is 1.35 bits per heavy atom. The summed E-state index contributed by atoms with van der Waals surface area (Å²) in [5.41, 5.74) is 0.943. The van der Waals surface area contributed by atoms with E-state index in [9.17, 15) is 4.79 Å². The molecule has 6 heteroatoms. The Hall–Kier alpha value is -0.980. The van der Waals surface area contributed by atoms with Crippen LogP contribution in [0.3, 0.4) is 0 Å². The highest BCUT2D eigenvalue weighted by molar-refractivity contribution is 7.13. The molecule has 0 saturated carbocycles. The first kappa shape index (κ1) is 15.4. The number of aliphatic hydroxyl groups is 1. The lowest BCUT2D eigenvalue weighted by Crippen LogP contribution is -2.58. The first-order valence-corrected chi connectivity index (χ1v) is 7.85. The zero-order chi connectivity index (χ0) is 14.9. The molecule has 2 rings (SSSR count). The van der Waals surface area contributed by atoms with Gasteiger partial charge in [-0.05, 0) is 27.7 Å². The van der Waals surface area contributed by atoms with Crippen LogP contribution in [-0.2, 0) is 0 Å². The number of carbonyl (C=O) groups is 1. The lowest BCUT2D eigenvalue weighted by Gasteiger charge is -2.44. The molecule has 0 bridgehead atoms. The second kappa shape index (κ2) is 6.20. The molecule has 1 aromatic heterocycles. The van der Waals surface area contributed by atoms with E-state index in [1.165, 1.54) is 11.3 Å². The Bertz CT molecular complexity index is 457. The summed E-state index contributed by atoms with van der Waals surface area (Å²) < 4.78 is 0. The summed E-state index contributed by atoms with van der Waals surface area (Å²) in [6.45, 7) is 10.4. The molecule has 2 atom stereocenters. The van der Waals surface area contributed by atoms with Crippen molar-refractivity contribution in [3.05, 3.63) is 15.6 Å². The van der Waals surface area contributed by atoms with E-state index in [2.05, 4.69) is 23.7 Å². The molecule has 0 radical (unpaired) electrons. The number of thiazole rings is 1. The monoisotopic (exact) mass is 297 g/mol. The Morgan fingerprint density at radius 3 is 2.40 bits per heavy atom. The number of piperazine rings is 1. The van der Waals surface area contributed by atoms with Crippen molar-refractivity contribution >= 4 is 17.2 Å². The van der Waals surface area contributed by atoms with Crippen LogP contribution < -0.4 is 0 Å². The molecule has 1 saturated heterocycles. The van der Waals surface area contributed by atoms with Gasteiger partial charge in [0, 0.05) is 36.6 Å². The number of amides is 1. The highest BCUT2D eigenvalue weighted by Gasteiger charge is 2.32. The van der Waals surface area contributed by atoms with Gasteiger partial charge in [0.1, 0.15) is 0 Å². The lowest BCUT2D eigenvalue weighted by molar-refractivity contribution is 0.0236. The first-order chi connectivity index (χ1) is 9.43. The van der Waals surface area contributed by atoms with Crippen molar-refractivity contribution in [3.8, 4) is 0 Å². The number of rotatable bonds is 3. The van der Waals surface area contributed by atoms with Gasteiger partial charge >= 0.3 is 0 Å². The average Bonchev–Trinajstić information content (AvgIpc) is 2.73. The van der Waals surface area contributed by atoms with Gasteiger partial charge in [-0.3, -0.25) is 9.69 Å². The van der Waals surface area contributed by atoms with Gasteiger partial charge in [0.15, 0.2) is 5.01 Å². The quantitative estimate of drug-likeness (QED) is 0.913. The minimum absolute atomic E-state index is 0.0357. The predicted molar refractivity (Wildman–Crippen MR) is 80.2 cm³/mol. The molecule has 112 valence electrons. The SMILES string of the molecule is Cc1nc(C(=O)N2C[C@@H](C)N(CCO)[C@@H](C)C2)sc1C. The summed E-state index contributed by atoms with van der Waals surface area (Å²) in [6.07, 6.45) is 0. The molecule has 1 aliphatic rings. The van der Waals surface area contributed by atoms with Gasteiger partial charge in [-0.1, -0.05) is 0 Å². The van der Waals surface area contributed by atoms with Gasteiger partial charge in [-0.2, -0.15) is 0 Å². The summed E-state index contributed by atoms with van der Waals surface area (Å²) in [5, 5.41) is 9.70. The third-order valence-corrected chi connectivity index (χ3v) is 5.02. The molecule has 20 heavy (non-hydrogen) atoms. The Labute approximate surface area is 124 Å². The Balaban J connectivity index is 2.09. The van der Waals surface area contributed by atoms with Gasteiger partial charge in [0.2, 0.25) is 0 Å². The summed E-state index contributed by atoms with van der Waals surface area (Å²) >= 11 is 1.47. The fourth-order valence-corrected chi connectivity index (χ4v) is 3.66. The van der Waals surface area contributed by atoms with E-state index in [-0.39, 0.29) is 24.6 Å². The van der Waals surface area contributed by atoms with Gasteiger partial charge in [0.05, 0.1) is 12.3 Å².